The summed E-state index contributed by atoms with van der Waals surface area (Å²) in [4.78, 5) is 15.6. The highest BCUT2D eigenvalue weighted by Gasteiger charge is 2.24. The zero-order valence-electron chi connectivity index (χ0n) is 20.2. The van der Waals surface area contributed by atoms with Gasteiger partial charge in [0.1, 0.15) is 17.2 Å². The van der Waals surface area contributed by atoms with E-state index in [9.17, 15) is 4.79 Å². The summed E-state index contributed by atoms with van der Waals surface area (Å²) in [7, 11) is 3.20. The van der Waals surface area contributed by atoms with Crippen molar-refractivity contribution in [3.63, 3.8) is 0 Å². The normalized spacial score (nSPS) is 18.5. The Morgan fingerprint density at radius 3 is 2.50 bits per heavy atom. The third kappa shape index (κ3) is 5.40. The van der Waals surface area contributed by atoms with Crippen molar-refractivity contribution in [2.24, 2.45) is 0 Å². The third-order valence-electron chi connectivity index (χ3n) is 5.85. The number of nitrogens with zero attached hydrogens (tertiary/aromatic N) is 3. The van der Waals surface area contributed by atoms with Gasteiger partial charge >= 0.3 is 0 Å². The third-order valence-corrected chi connectivity index (χ3v) is 5.85. The van der Waals surface area contributed by atoms with Gasteiger partial charge in [-0.1, -0.05) is 18.2 Å². The lowest BCUT2D eigenvalue weighted by Gasteiger charge is -2.35. The largest absolute Gasteiger partial charge is 0.497 e. The predicted molar refractivity (Wildman–Crippen MR) is 131 cm³/mol. The topological polar surface area (TPSA) is 77.9 Å². The van der Waals surface area contributed by atoms with E-state index in [1.807, 2.05) is 42.5 Å². The zero-order chi connectivity index (χ0) is 24.1. The van der Waals surface area contributed by atoms with Crippen molar-refractivity contribution in [2.45, 2.75) is 26.1 Å². The van der Waals surface area contributed by atoms with Gasteiger partial charge in [0.15, 0.2) is 0 Å². The first-order valence-electron chi connectivity index (χ1n) is 11.5. The minimum Gasteiger partial charge on any atom is -0.497 e. The summed E-state index contributed by atoms with van der Waals surface area (Å²) in [6.45, 7) is 7.17. The average Bonchev–Trinajstić information content (AvgIpc) is 3.29. The molecule has 4 rings (SSSR count). The number of carbonyl (C=O) groups excluding carboxylic acids is 1. The predicted octanol–water partition coefficient (Wildman–Crippen LogP) is 3.40. The van der Waals surface area contributed by atoms with Crippen molar-refractivity contribution in [1.82, 2.24) is 20.0 Å². The maximum atomic E-state index is 13.3. The second-order valence-electron chi connectivity index (χ2n) is 8.51. The first-order valence-corrected chi connectivity index (χ1v) is 11.5. The SMILES string of the molecule is COc1ccc(-c2nn(-c3ccccc3)cc2C(=O)NCCN2CC(C)OC(C)C2)c(OC)c1. The minimum absolute atomic E-state index is 0.176. The van der Waals surface area contributed by atoms with E-state index in [1.165, 1.54) is 0 Å². The highest BCUT2D eigenvalue weighted by molar-refractivity contribution is 6.00. The monoisotopic (exact) mass is 464 g/mol. The van der Waals surface area contributed by atoms with Crippen LogP contribution in [0.2, 0.25) is 0 Å². The molecule has 3 aromatic rings. The smallest absolute Gasteiger partial charge is 0.255 e. The van der Waals surface area contributed by atoms with Crippen LogP contribution in [0, 0.1) is 0 Å². The quantitative estimate of drug-likeness (QED) is 0.551. The molecule has 180 valence electrons. The van der Waals surface area contributed by atoms with Crippen molar-refractivity contribution in [2.75, 3.05) is 40.4 Å². The Labute approximate surface area is 200 Å². The summed E-state index contributed by atoms with van der Waals surface area (Å²) in [5, 5.41) is 7.83. The fraction of sp³-hybridized carbons (Fsp3) is 0.385. The molecule has 0 radical (unpaired) electrons. The molecule has 34 heavy (non-hydrogen) atoms. The number of hydrogen-bond donors (Lipinski definition) is 1. The van der Waals surface area contributed by atoms with E-state index in [2.05, 4.69) is 24.1 Å². The molecule has 8 heteroatoms. The van der Waals surface area contributed by atoms with Crippen LogP contribution in [0.5, 0.6) is 11.5 Å². The molecule has 1 N–H and O–H groups in total. The fourth-order valence-electron chi connectivity index (χ4n) is 4.34. The number of aromatic nitrogens is 2. The molecular formula is C26H32N4O4. The van der Waals surface area contributed by atoms with Crippen LogP contribution >= 0.6 is 0 Å². The van der Waals surface area contributed by atoms with E-state index in [1.54, 1.807) is 31.2 Å². The minimum atomic E-state index is -0.176. The van der Waals surface area contributed by atoms with Gasteiger partial charge in [-0.25, -0.2) is 4.68 Å². The van der Waals surface area contributed by atoms with E-state index in [4.69, 9.17) is 19.3 Å². The van der Waals surface area contributed by atoms with E-state index in [0.717, 1.165) is 30.9 Å². The second kappa shape index (κ2) is 10.7. The van der Waals surface area contributed by atoms with E-state index < -0.39 is 0 Å². The molecule has 1 aliphatic rings. The number of carbonyl (C=O) groups is 1. The van der Waals surface area contributed by atoms with Crippen LogP contribution in [0.3, 0.4) is 0 Å². The maximum Gasteiger partial charge on any atom is 0.255 e. The lowest BCUT2D eigenvalue weighted by atomic mass is 10.1. The summed E-state index contributed by atoms with van der Waals surface area (Å²) in [5.41, 5.74) is 2.62. The van der Waals surface area contributed by atoms with Gasteiger partial charge in [-0.3, -0.25) is 9.69 Å². The molecule has 1 saturated heterocycles. The highest BCUT2D eigenvalue weighted by atomic mass is 16.5. The highest BCUT2D eigenvalue weighted by Crippen LogP contribution is 2.34. The van der Waals surface area contributed by atoms with Crippen molar-refractivity contribution in [1.29, 1.82) is 0 Å². The molecule has 2 heterocycles. The number of nitrogens with one attached hydrogen (secondary N) is 1. The number of hydrogen-bond acceptors (Lipinski definition) is 6. The van der Waals surface area contributed by atoms with Gasteiger partial charge in [-0.05, 0) is 38.1 Å². The summed E-state index contributed by atoms with van der Waals surface area (Å²) < 4.78 is 18.4. The molecule has 0 spiro atoms. The Kier molecular flexibility index (Phi) is 7.49. The second-order valence-corrected chi connectivity index (χ2v) is 8.51. The van der Waals surface area contributed by atoms with Crippen LogP contribution in [0.1, 0.15) is 24.2 Å². The molecule has 1 amide bonds. The van der Waals surface area contributed by atoms with Gasteiger partial charge in [-0.2, -0.15) is 5.10 Å². The van der Waals surface area contributed by atoms with Crippen molar-refractivity contribution in [3.8, 4) is 28.4 Å². The average molecular weight is 465 g/mol. The lowest BCUT2D eigenvalue weighted by Crippen LogP contribution is -2.47. The number of amides is 1. The van der Waals surface area contributed by atoms with Crippen molar-refractivity contribution in [3.05, 3.63) is 60.3 Å². The number of ether oxygens (including phenoxy) is 3. The standard InChI is InChI=1S/C26H32N4O4/c1-18-15-29(16-19(2)34-18)13-12-27-26(31)23-17-30(20-8-6-5-7-9-20)28-25(23)22-11-10-21(32-3)14-24(22)33-4/h5-11,14,17-19H,12-13,15-16H2,1-4H3,(H,27,31). The molecule has 1 aliphatic heterocycles. The fourth-order valence-corrected chi connectivity index (χ4v) is 4.34. The number of methoxy groups -OCH3 is 2. The number of benzene rings is 2. The number of para-hydroxylation sites is 1. The molecule has 2 atom stereocenters. The maximum absolute atomic E-state index is 13.3. The van der Waals surface area contributed by atoms with E-state index in [-0.39, 0.29) is 18.1 Å². The van der Waals surface area contributed by atoms with Gasteiger partial charge in [0.2, 0.25) is 0 Å². The van der Waals surface area contributed by atoms with Gasteiger partial charge < -0.3 is 19.5 Å². The van der Waals surface area contributed by atoms with Crippen LogP contribution in [0.25, 0.3) is 16.9 Å². The van der Waals surface area contributed by atoms with Gasteiger partial charge in [0, 0.05) is 44.0 Å². The first kappa shape index (κ1) is 23.8. The lowest BCUT2D eigenvalue weighted by molar-refractivity contribution is -0.0672. The van der Waals surface area contributed by atoms with Gasteiger partial charge in [0.05, 0.1) is 37.7 Å². The first-order chi connectivity index (χ1) is 16.5. The van der Waals surface area contributed by atoms with Crippen LogP contribution in [0.15, 0.2) is 54.7 Å². The Morgan fingerprint density at radius 1 is 1.09 bits per heavy atom. The number of rotatable bonds is 8. The Balaban J connectivity index is 1.59. The van der Waals surface area contributed by atoms with Gasteiger partial charge in [-0.15, -0.1) is 0 Å². The Morgan fingerprint density at radius 2 is 1.82 bits per heavy atom. The van der Waals surface area contributed by atoms with Crippen molar-refractivity contribution < 1.29 is 19.0 Å². The van der Waals surface area contributed by atoms with Crippen LogP contribution in [-0.2, 0) is 4.74 Å². The molecule has 0 bridgehead atoms. The van der Waals surface area contributed by atoms with Crippen LogP contribution in [-0.4, -0.2) is 73.2 Å². The Bertz CT molecular complexity index is 1110. The Hall–Kier alpha value is -3.36. The molecule has 2 unspecified atom stereocenters. The van der Waals surface area contributed by atoms with E-state index in [0.29, 0.717) is 29.3 Å². The van der Waals surface area contributed by atoms with E-state index >= 15 is 0 Å². The zero-order valence-corrected chi connectivity index (χ0v) is 20.2. The molecule has 1 aromatic heterocycles. The molecule has 2 aromatic carbocycles. The molecule has 8 nitrogen and oxygen atoms in total. The van der Waals surface area contributed by atoms with Crippen molar-refractivity contribution >= 4 is 5.91 Å². The molecule has 1 fully saturated rings. The van der Waals surface area contributed by atoms with Gasteiger partial charge in [0.25, 0.3) is 5.91 Å². The molecule has 0 aliphatic carbocycles. The summed E-state index contributed by atoms with van der Waals surface area (Å²) in [6, 6.07) is 15.2. The van der Waals surface area contributed by atoms with Crippen LogP contribution < -0.4 is 14.8 Å². The molecule has 0 saturated carbocycles. The summed E-state index contributed by atoms with van der Waals surface area (Å²) in [5.74, 6) is 1.08. The number of morpholine rings is 1. The summed E-state index contributed by atoms with van der Waals surface area (Å²) >= 11 is 0. The van der Waals surface area contributed by atoms with Crippen LogP contribution in [0.4, 0.5) is 0 Å². The summed E-state index contributed by atoms with van der Waals surface area (Å²) in [6.07, 6.45) is 2.15. The molecular weight excluding hydrogens is 432 g/mol.